The molecule has 0 saturated carbocycles. The molecule has 0 bridgehead atoms. The summed E-state index contributed by atoms with van der Waals surface area (Å²) in [5.41, 5.74) is 1.13. The summed E-state index contributed by atoms with van der Waals surface area (Å²) >= 11 is 1.56. The number of carbonyl (C=O) groups excluding carboxylic acids is 2. The fraction of sp³-hybridized carbons (Fsp3) is 0.167. The molecule has 0 saturated heterocycles. The molecule has 3 rings (SSSR count). The third kappa shape index (κ3) is 1.20. The molecule has 1 aliphatic heterocycles. The fourth-order valence-corrected chi connectivity index (χ4v) is 3.35. The van der Waals surface area contributed by atoms with Gasteiger partial charge in [-0.15, -0.1) is 11.3 Å². The number of carbonyl (C=O) groups is 2. The molecule has 2 amide bonds. The van der Waals surface area contributed by atoms with Gasteiger partial charge in [-0.25, -0.2) is 10.9 Å². The summed E-state index contributed by atoms with van der Waals surface area (Å²) in [7, 11) is 0. The largest absolute Gasteiger partial charge is 0.276 e. The summed E-state index contributed by atoms with van der Waals surface area (Å²) in [5.74, 6) is 4.72. The Kier molecular flexibility index (Phi) is 2.08. The average molecular weight is 246 g/mol. The van der Waals surface area contributed by atoms with E-state index in [1.165, 1.54) is 0 Å². The van der Waals surface area contributed by atoms with E-state index in [0.717, 1.165) is 21.4 Å². The second-order valence-electron chi connectivity index (χ2n) is 3.91. The molecule has 0 spiro atoms. The average Bonchev–Trinajstić information content (AvgIpc) is 2.72. The zero-order valence-electron chi connectivity index (χ0n) is 9.19. The molecule has 4 nitrogen and oxygen atoms in total. The summed E-state index contributed by atoms with van der Waals surface area (Å²) < 4.78 is 0.976. The number of hydrazine groups is 1. The van der Waals surface area contributed by atoms with Crippen molar-refractivity contribution >= 4 is 33.2 Å². The molecular formula is C12H10N2O2S. The minimum absolute atomic E-state index is 0.392. The van der Waals surface area contributed by atoms with Gasteiger partial charge in [0.25, 0.3) is 11.8 Å². The lowest BCUT2D eigenvalue weighted by molar-refractivity contribution is 0.0610. The van der Waals surface area contributed by atoms with Gasteiger partial charge in [0.1, 0.15) is 0 Å². The highest BCUT2D eigenvalue weighted by Gasteiger charge is 2.33. The molecule has 2 N–H and O–H groups in total. The second kappa shape index (κ2) is 3.38. The normalized spacial score (nSPS) is 14.8. The maximum Gasteiger partial charge on any atom is 0.276 e. The Morgan fingerprint density at radius 3 is 2.76 bits per heavy atom. The van der Waals surface area contributed by atoms with Gasteiger partial charge < -0.3 is 0 Å². The van der Waals surface area contributed by atoms with Gasteiger partial charge in [-0.3, -0.25) is 9.59 Å². The number of thiophene rings is 1. The maximum atomic E-state index is 12.0. The van der Waals surface area contributed by atoms with Crippen LogP contribution in [0.3, 0.4) is 0 Å². The minimum atomic E-state index is -0.423. The zero-order valence-corrected chi connectivity index (χ0v) is 10.0. The van der Waals surface area contributed by atoms with Crippen LogP contribution in [-0.2, 0) is 6.42 Å². The van der Waals surface area contributed by atoms with Crippen LogP contribution in [-0.4, -0.2) is 16.8 Å². The minimum Gasteiger partial charge on any atom is -0.267 e. The number of rotatable bonds is 1. The number of hydrogen-bond acceptors (Lipinski definition) is 4. The first-order valence-corrected chi connectivity index (χ1v) is 6.14. The van der Waals surface area contributed by atoms with Gasteiger partial charge in [0.2, 0.25) is 0 Å². The Balaban J connectivity index is 2.49. The van der Waals surface area contributed by atoms with E-state index in [9.17, 15) is 9.59 Å². The zero-order chi connectivity index (χ0) is 12.2. The molecule has 1 aromatic heterocycles. The van der Waals surface area contributed by atoms with E-state index in [-0.39, 0.29) is 0 Å². The molecule has 0 unspecified atom stereocenters. The highest BCUT2D eigenvalue weighted by molar-refractivity contribution is 7.19. The molecule has 2 aromatic rings. The van der Waals surface area contributed by atoms with Gasteiger partial charge in [-0.2, -0.15) is 0 Å². The van der Waals surface area contributed by atoms with Crippen molar-refractivity contribution in [3.8, 4) is 0 Å². The smallest absolute Gasteiger partial charge is 0.267 e. The molecular weight excluding hydrogens is 236 g/mol. The third-order valence-corrected chi connectivity index (χ3v) is 4.29. The van der Waals surface area contributed by atoms with Crippen molar-refractivity contribution < 1.29 is 9.59 Å². The molecule has 17 heavy (non-hydrogen) atoms. The lowest BCUT2D eigenvalue weighted by Gasteiger charge is -2.20. The van der Waals surface area contributed by atoms with Crippen molar-refractivity contribution in [2.24, 2.45) is 5.84 Å². The Hall–Kier alpha value is -1.72. The van der Waals surface area contributed by atoms with E-state index in [2.05, 4.69) is 0 Å². The van der Waals surface area contributed by atoms with Crippen LogP contribution in [0.25, 0.3) is 10.1 Å². The number of benzene rings is 1. The molecule has 0 radical (unpaired) electrons. The van der Waals surface area contributed by atoms with Crippen LogP contribution in [0.2, 0.25) is 0 Å². The summed E-state index contributed by atoms with van der Waals surface area (Å²) in [6, 6.07) is 5.46. The van der Waals surface area contributed by atoms with Crippen molar-refractivity contribution in [3.63, 3.8) is 0 Å². The van der Waals surface area contributed by atoms with Crippen LogP contribution in [0.15, 0.2) is 18.2 Å². The highest BCUT2D eigenvalue weighted by atomic mass is 32.1. The Bertz CT molecular complexity index is 660. The number of nitrogens with two attached hydrogens (primary N) is 1. The summed E-state index contributed by atoms with van der Waals surface area (Å²) in [5, 5.41) is 1.48. The van der Waals surface area contributed by atoms with Crippen LogP contribution in [0.4, 0.5) is 0 Å². The second-order valence-corrected chi connectivity index (χ2v) is 5.05. The van der Waals surface area contributed by atoms with E-state index in [0.29, 0.717) is 16.1 Å². The molecule has 0 aliphatic carbocycles. The van der Waals surface area contributed by atoms with Gasteiger partial charge in [0.05, 0.1) is 11.1 Å². The van der Waals surface area contributed by atoms with Crippen molar-refractivity contribution in [3.05, 3.63) is 34.2 Å². The van der Waals surface area contributed by atoms with Gasteiger partial charge in [0, 0.05) is 15.0 Å². The van der Waals surface area contributed by atoms with Crippen molar-refractivity contribution in [1.82, 2.24) is 5.01 Å². The van der Waals surface area contributed by atoms with Crippen LogP contribution >= 0.6 is 11.3 Å². The summed E-state index contributed by atoms with van der Waals surface area (Å²) in [4.78, 5) is 24.9. The number of amides is 2. The molecule has 2 heterocycles. The quantitative estimate of drug-likeness (QED) is 0.475. The Labute approximate surface area is 102 Å². The van der Waals surface area contributed by atoms with Gasteiger partial charge in [-0.05, 0) is 18.6 Å². The number of aryl methyl sites for hydroxylation is 1. The molecule has 5 heteroatoms. The topological polar surface area (TPSA) is 63.4 Å². The van der Waals surface area contributed by atoms with E-state index >= 15 is 0 Å². The molecule has 0 fully saturated rings. The predicted octanol–water partition coefficient (Wildman–Crippen LogP) is 1.93. The van der Waals surface area contributed by atoms with Crippen LogP contribution < -0.4 is 5.84 Å². The summed E-state index contributed by atoms with van der Waals surface area (Å²) in [6.45, 7) is 1.99. The van der Waals surface area contributed by atoms with Crippen molar-refractivity contribution in [2.45, 2.75) is 13.3 Å². The van der Waals surface area contributed by atoms with Crippen LogP contribution in [0.5, 0.6) is 0 Å². The molecule has 1 aromatic carbocycles. The number of imide groups is 1. The van der Waals surface area contributed by atoms with Crippen LogP contribution in [0, 0.1) is 0 Å². The fourth-order valence-electron chi connectivity index (χ4n) is 2.19. The standard InChI is InChI=1S/C12H10N2O2S/c1-2-7-10-9-6(4-3-5-8(9)17-7)11(15)14(13)12(10)16/h3-5H,2,13H2,1H3. The predicted molar refractivity (Wildman–Crippen MR) is 65.9 cm³/mol. The lowest BCUT2D eigenvalue weighted by atomic mass is 9.99. The highest BCUT2D eigenvalue weighted by Crippen LogP contribution is 2.37. The Morgan fingerprint density at radius 1 is 1.29 bits per heavy atom. The molecule has 86 valence electrons. The SMILES string of the molecule is CCc1sc2cccc3c2c1C(=O)N(N)C3=O. The van der Waals surface area contributed by atoms with E-state index in [4.69, 9.17) is 5.84 Å². The monoisotopic (exact) mass is 246 g/mol. The summed E-state index contributed by atoms with van der Waals surface area (Å²) in [6.07, 6.45) is 0.766. The first-order valence-electron chi connectivity index (χ1n) is 5.33. The van der Waals surface area contributed by atoms with E-state index in [1.54, 1.807) is 17.4 Å². The molecule has 0 atom stereocenters. The number of nitrogens with zero attached hydrogens (tertiary/aromatic N) is 1. The van der Waals surface area contributed by atoms with Gasteiger partial charge >= 0.3 is 0 Å². The Morgan fingerprint density at radius 2 is 2.06 bits per heavy atom. The van der Waals surface area contributed by atoms with E-state index < -0.39 is 11.8 Å². The van der Waals surface area contributed by atoms with Crippen molar-refractivity contribution in [2.75, 3.05) is 0 Å². The van der Waals surface area contributed by atoms with Crippen molar-refractivity contribution in [1.29, 1.82) is 0 Å². The van der Waals surface area contributed by atoms with E-state index in [1.807, 2.05) is 19.1 Å². The lowest BCUT2D eigenvalue weighted by Crippen LogP contribution is -2.45. The first kappa shape index (κ1) is 10.4. The van der Waals surface area contributed by atoms with Crippen LogP contribution in [0.1, 0.15) is 32.5 Å². The first-order chi connectivity index (χ1) is 8.15. The maximum absolute atomic E-state index is 12.0. The number of hydrogen-bond donors (Lipinski definition) is 1. The van der Waals surface area contributed by atoms with Gasteiger partial charge in [-0.1, -0.05) is 13.0 Å². The third-order valence-electron chi connectivity index (χ3n) is 2.99. The molecule has 1 aliphatic rings. The van der Waals surface area contributed by atoms with Gasteiger partial charge in [0.15, 0.2) is 0 Å².